The van der Waals surface area contributed by atoms with Crippen molar-refractivity contribution in [3.05, 3.63) is 30.3 Å². The van der Waals surface area contributed by atoms with Crippen LogP contribution in [0, 0.1) is 5.92 Å². The lowest BCUT2D eigenvalue weighted by atomic mass is 10.1. The van der Waals surface area contributed by atoms with E-state index in [0.717, 1.165) is 25.1 Å². The van der Waals surface area contributed by atoms with Gasteiger partial charge in [0.15, 0.2) is 5.96 Å². The van der Waals surface area contributed by atoms with Gasteiger partial charge in [0.1, 0.15) is 5.75 Å². The Bertz CT molecular complexity index is 363. The van der Waals surface area contributed by atoms with Crippen LogP contribution in [-0.4, -0.2) is 25.7 Å². The van der Waals surface area contributed by atoms with Crippen molar-refractivity contribution in [1.82, 2.24) is 5.32 Å². The molecule has 1 aromatic carbocycles. The number of nitrogens with two attached hydrogens (primary N) is 1. The molecule has 0 atom stereocenters. The molecule has 106 valence electrons. The molecule has 0 bridgehead atoms. The normalized spacial score (nSPS) is 11.6. The number of hydrogen-bond donors (Lipinski definition) is 2. The SMILES string of the molecule is CC(C)CCNC(N)=NCCCOc1ccccc1. The minimum atomic E-state index is 0.528. The highest BCUT2D eigenvalue weighted by Gasteiger charge is 1.95. The first-order valence-corrected chi connectivity index (χ1v) is 6.90. The molecule has 0 aliphatic carbocycles. The number of nitrogens with zero attached hydrogens (tertiary/aromatic N) is 1. The molecule has 19 heavy (non-hydrogen) atoms. The Morgan fingerprint density at radius 1 is 1.32 bits per heavy atom. The molecule has 0 spiro atoms. The lowest BCUT2D eigenvalue weighted by Crippen LogP contribution is -2.33. The standard InChI is InChI=1S/C15H25N3O/c1-13(2)9-11-18-15(16)17-10-6-12-19-14-7-4-3-5-8-14/h3-5,7-8,13H,6,9-12H2,1-2H3,(H3,16,17,18). The molecular formula is C15H25N3O. The van der Waals surface area contributed by atoms with Crippen molar-refractivity contribution in [2.45, 2.75) is 26.7 Å². The summed E-state index contributed by atoms with van der Waals surface area (Å²) in [6.07, 6.45) is 1.97. The van der Waals surface area contributed by atoms with E-state index < -0.39 is 0 Å². The number of aliphatic imine (C=N–C) groups is 1. The van der Waals surface area contributed by atoms with Gasteiger partial charge in [0.25, 0.3) is 0 Å². The second-order valence-corrected chi connectivity index (χ2v) is 4.89. The van der Waals surface area contributed by atoms with E-state index >= 15 is 0 Å². The summed E-state index contributed by atoms with van der Waals surface area (Å²) in [5.74, 6) is 2.11. The van der Waals surface area contributed by atoms with Crippen LogP contribution in [-0.2, 0) is 0 Å². The number of para-hydroxylation sites is 1. The second kappa shape index (κ2) is 9.25. The van der Waals surface area contributed by atoms with E-state index in [9.17, 15) is 0 Å². The van der Waals surface area contributed by atoms with E-state index in [-0.39, 0.29) is 0 Å². The Kier molecular flexibility index (Phi) is 7.47. The van der Waals surface area contributed by atoms with Gasteiger partial charge in [-0.1, -0.05) is 32.0 Å². The van der Waals surface area contributed by atoms with Crippen LogP contribution in [0.1, 0.15) is 26.7 Å². The predicted molar refractivity (Wildman–Crippen MR) is 80.5 cm³/mol. The summed E-state index contributed by atoms with van der Waals surface area (Å²) in [5.41, 5.74) is 5.75. The van der Waals surface area contributed by atoms with Crippen LogP contribution in [0.15, 0.2) is 35.3 Å². The molecule has 1 aromatic rings. The summed E-state index contributed by atoms with van der Waals surface area (Å²) >= 11 is 0. The smallest absolute Gasteiger partial charge is 0.188 e. The van der Waals surface area contributed by atoms with E-state index in [1.165, 1.54) is 0 Å². The Hall–Kier alpha value is -1.71. The first-order chi connectivity index (χ1) is 9.18. The molecule has 0 saturated heterocycles. The van der Waals surface area contributed by atoms with Crippen LogP contribution in [0.25, 0.3) is 0 Å². The van der Waals surface area contributed by atoms with E-state index in [1.807, 2.05) is 30.3 Å². The van der Waals surface area contributed by atoms with Gasteiger partial charge in [0.2, 0.25) is 0 Å². The van der Waals surface area contributed by atoms with Crippen LogP contribution in [0.3, 0.4) is 0 Å². The maximum Gasteiger partial charge on any atom is 0.188 e. The zero-order valence-corrected chi connectivity index (χ0v) is 11.9. The van der Waals surface area contributed by atoms with Gasteiger partial charge in [0.05, 0.1) is 6.61 Å². The molecule has 3 N–H and O–H groups in total. The number of rotatable bonds is 8. The van der Waals surface area contributed by atoms with Crippen molar-refractivity contribution in [2.24, 2.45) is 16.6 Å². The molecule has 4 heteroatoms. The quantitative estimate of drug-likeness (QED) is 0.430. The van der Waals surface area contributed by atoms with Crippen LogP contribution < -0.4 is 15.8 Å². The van der Waals surface area contributed by atoms with Crippen molar-refractivity contribution >= 4 is 5.96 Å². The molecule has 0 radical (unpaired) electrons. The molecule has 0 unspecified atom stereocenters. The minimum Gasteiger partial charge on any atom is -0.494 e. The van der Waals surface area contributed by atoms with Gasteiger partial charge < -0.3 is 15.8 Å². The summed E-state index contributed by atoms with van der Waals surface area (Å²) in [5, 5.41) is 3.11. The van der Waals surface area contributed by atoms with Crippen molar-refractivity contribution in [1.29, 1.82) is 0 Å². The van der Waals surface area contributed by atoms with Gasteiger partial charge in [-0.2, -0.15) is 0 Å². The zero-order chi connectivity index (χ0) is 13.9. The van der Waals surface area contributed by atoms with E-state index in [2.05, 4.69) is 24.2 Å². The molecule has 0 aromatic heterocycles. The maximum atomic E-state index is 5.75. The summed E-state index contributed by atoms with van der Waals surface area (Å²) in [4.78, 5) is 4.26. The van der Waals surface area contributed by atoms with Crippen molar-refractivity contribution in [3.63, 3.8) is 0 Å². The lowest BCUT2D eigenvalue weighted by Gasteiger charge is -2.07. The fourth-order valence-corrected chi connectivity index (χ4v) is 1.52. The number of benzene rings is 1. The zero-order valence-electron chi connectivity index (χ0n) is 11.9. The Balaban J connectivity index is 2.06. The fraction of sp³-hybridized carbons (Fsp3) is 0.533. The Morgan fingerprint density at radius 2 is 2.05 bits per heavy atom. The molecule has 0 aliphatic heterocycles. The Labute approximate surface area is 116 Å². The van der Waals surface area contributed by atoms with Crippen molar-refractivity contribution in [3.8, 4) is 5.75 Å². The average molecular weight is 263 g/mol. The lowest BCUT2D eigenvalue weighted by molar-refractivity contribution is 0.313. The highest BCUT2D eigenvalue weighted by molar-refractivity contribution is 5.77. The third-order valence-corrected chi connectivity index (χ3v) is 2.62. The largest absolute Gasteiger partial charge is 0.494 e. The third kappa shape index (κ3) is 8.08. The number of nitrogens with one attached hydrogen (secondary N) is 1. The van der Waals surface area contributed by atoms with E-state index in [4.69, 9.17) is 10.5 Å². The molecule has 0 aliphatic rings. The van der Waals surface area contributed by atoms with Gasteiger partial charge in [-0.15, -0.1) is 0 Å². The van der Waals surface area contributed by atoms with Crippen molar-refractivity contribution in [2.75, 3.05) is 19.7 Å². The molecular weight excluding hydrogens is 238 g/mol. The number of ether oxygens (including phenoxy) is 1. The predicted octanol–water partition coefficient (Wildman–Crippen LogP) is 2.41. The van der Waals surface area contributed by atoms with Crippen LogP contribution in [0.2, 0.25) is 0 Å². The molecule has 0 saturated carbocycles. The highest BCUT2D eigenvalue weighted by atomic mass is 16.5. The van der Waals surface area contributed by atoms with Crippen molar-refractivity contribution < 1.29 is 4.74 Å². The summed E-state index contributed by atoms with van der Waals surface area (Å²) < 4.78 is 5.57. The maximum absolute atomic E-state index is 5.75. The first kappa shape index (κ1) is 15.3. The fourth-order valence-electron chi connectivity index (χ4n) is 1.52. The van der Waals surface area contributed by atoms with Gasteiger partial charge >= 0.3 is 0 Å². The monoisotopic (exact) mass is 263 g/mol. The number of hydrogen-bond acceptors (Lipinski definition) is 2. The summed E-state index contributed by atoms with van der Waals surface area (Å²) in [7, 11) is 0. The van der Waals surface area contributed by atoms with Crippen LogP contribution in [0.5, 0.6) is 5.75 Å². The Morgan fingerprint density at radius 3 is 2.74 bits per heavy atom. The highest BCUT2D eigenvalue weighted by Crippen LogP contribution is 2.08. The topological polar surface area (TPSA) is 59.6 Å². The number of guanidine groups is 1. The second-order valence-electron chi connectivity index (χ2n) is 4.89. The van der Waals surface area contributed by atoms with Crippen LogP contribution >= 0.6 is 0 Å². The molecule has 1 rings (SSSR count). The summed E-state index contributed by atoms with van der Waals surface area (Å²) in [6.45, 7) is 6.61. The molecule has 0 fully saturated rings. The van der Waals surface area contributed by atoms with Gasteiger partial charge in [-0.05, 0) is 24.5 Å². The molecule has 0 heterocycles. The molecule has 0 amide bonds. The third-order valence-electron chi connectivity index (χ3n) is 2.62. The van der Waals surface area contributed by atoms with E-state index in [1.54, 1.807) is 0 Å². The van der Waals surface area contributed by atoms with E-state index in [0.29, 0.717) is 25.0 Å². The van der Waals surface area contributed by atoms with Crippen LogP contribution in [0.4, 0.5) is 0 Å². The first-order valence-electron chi connectivity index (χ1n) is 6.90. The van der Waals surface area contributed by atoms with Gasteiger partial charge in [-0.25, -0.2) is 0 Å². The average Bonchev–Trinajstić information content (AvgIpc) is 2.39. The molecule has 4 nitrogen and oxygen atoms in total. The van der Waals surface area contributed by atoms with Gasteiger partial charge in [-0.3, -0.25) is 4.99 Å². The minimum absolute atomic E-state index is 0.528. The van der Waals surface area contributed by atoms with Gasteiger partial charge in [0, 0.05) is 19.5 Å². The summed E-state index contributed by atoms with van der Waals surface area (Å²) in [6, 6.07) is 9.80.